The van der Waals surface area contributed by atoms with E-state index in [1.165, 1.54) is 0 Å². The van der Waals surface area contributed by atoms with Crippen LogP contribution in [0.5, 0.6) is 0 Å². The predicted octanol–water partition coefficient (Wildman–Crippen LogP) is 3.40. The molecule has 0 amide bonds. The Hall–Kier alpha value is 3.24. The van der Waals surface area contributed by atoms with E-state index in [1.54, 1.807) is 0 Å². The summed E-state index contributed by atoms with van der Waals surface area (Å²) in [5, 5.41) is 0. The van der Waals surface area contributed by atoms with Crippen LogP contribution in [0.3, 0.4) is 0 Å². The molecule has 0 spiro atoms. The van der Waals surface area contributed by atoms with Crippen molar-refractivity contribution < 1.29 is 164 Å². The van der Waals surface area contributed by atoms with Gasteiger partial charge in [0.2, 0.25) is 0 Å². The van der Waals surface area contributed by atoms with Crippen molar-refractivity contribution in [2.75, 3.05) is 0 Å². The van der Waals surface area contributed by atoms with Gasteiger partial charge in [0.15, 0.2) is 0 Å². The molecule has 24 heavy (non-hydrogen) atoms. The standard InChI is InChI=1S/C18H11B.5Y/c19-18-16(14-8-3-1-4-9-14)12-7-13-17(18)15-10-5-2-6-11-15;;;;;/h1-8,10,12-13H;;;;;/q-2;;;;;. The smallest absolute Gasteiger partial charge is 0.0870 e. The summed E-state index contributed by atoms with van der Waals surface area (Å²) >= 11 is 0. The van der Waals surface area contributed by atoms with Gasteiger partial charge < -0.3 is 0 Å². The van der Waals surface area contributed by atoms with Gasteiger partial charge in [0.25, 0.3) is 0 Å². The second-order valence-corrected chi connectivity index (χ2v) is 4.32. The molecule has 3 rings (SSSR count). The number of rotatable bonds is 2. The van der Waals surface area contributed by atoms with Gasteiger partial charge >= 0.3 is 0 Å². The van der Waals surface area contributed by atoms with Crippen LogP contribution in [0.4, 0.5) is 0 Å². The minimum atomic E-state index is 0. The van der Waals surface area contributed by atoms with Crippen molar-refractivity contribution >= 4 is 13.3 Å². The van der Waals surface area contributed by atoms with E-state index in [9.17, 15) is 0 Å². The minimum absolute atomic E-state index is 0. The molecular weight excluding hydrogens is 672 g/mol. The van der Waals surface area contributed by atoms with Gasteiger partial charge in [0.05, 0.1) is 7.85 Å². The molecule has 0 atom stereocenters. The van der Waals surface area contributed by atoms with Crippen LogP contribution in [0.1, 0.15) is 0 Å². The summed E-state index contributed by atoms with van der Waals surface area (Å²) in [5.41, 5.74) is 4.81. The van der Waals surface area contributed by atoms with E-state index in [0.29, 0.717) is 0 Å². The molecule has 6 heteroatoms. The molecule has 0 nitrogen and oxygen atoms in total. The maximum Gasteiger partial charge on any atom is 0.0870 e. The zero-order valence-corrected chi connectivity index (χ0v) is 27.5. The van der Waals surface area contributed by atoms with Gasteiger partial charge in [-0.15, -0.1) is 82.9 Å². The first-order valence-electron chi connectivity index (χ1n) is 6.19. The third-order valence-electron chi connectivity index (χ3n) is 3.10. The minimum Gasteiger partial charge on any atom is -0.161 e. The number of benzene rings is 3. The van der Waals surface area contributed by atoms with Crippen molar-refractivity contribution in [1.82, 2.24) is 0 Å². The largest absolute Gasteiger partial charge is 0.161 e. The summed E-state index contributed by atoms with van der Waals surface area (Å²) < 4.78 is 0. The topological polar surface area (TPSA) is 0 Å². The summed E-state index contributed by atoms with van der Waals surface area (Å²) in [4.78, 5) is 0. The van der Waals surface area contributed by atoms with Crippen LogP contribution < -0.4 is 5.46 Å². The predicted molar refractivity (Wildman–Crippen MR) is 80.4 cm³/mol. The molecule has 0 bridgehead atoms. The molecule has 0 aliphatic heterocycles. The normalized spacial score (nSPS) is 8.17. The molecule has 0 saturated heterocycles. The molecule has 0 saturated carbocycles. The van der Waals surface area contributed by atoms with E-state index in [-0.39, 0.29) is 164 Å². The van der Waals surface area contributed by atoms with Crippen molar-refractivity contribution in [3.05, 3.63) is 78.9 Å². The molecule has 0 N–H and O–H groups in total. The summed E-state index contributed by atoms with van der Waals surface area (Å²) in [6, 6.07) is 28.2. The Balaban J connectivity index is -0.000000882. The summed E-state index contributed by atoms with van der Waals surface area (Å²) in [7, 11) is 6.31. The Labute approximate surface area is 272 Å². The fourth-order valence-electron chi connectivity index (χ4n) is 2.16. The molecule has 3 aromatic rings. The number of hydrogen-bond acceptors (Lipinski definition) is 0. The SMILES string of the molecule is [B]c1c(-c2[c-]cccc2)cccc1-c1[c-]cccc1.[Y].[Y].[Y].[Y].[Y]. The maximum atomic E-state index is 6.31. The van der Waals surface area contributed by atoms with E-state index in [1.807, 2.05) is 66.7 Å². The zero-order valence-electron chi connectivity index (χ0n) is 13.3. The van der Waals surface area contributed by atoms with Crippen molar-refractivity contribution in [2.45, 2.75) is 0 Å². The van der Waals surface area contributed by atoms with Crippen LogP contribution in [-0.2, 0) is 164 Å². The van der Waals surface area contributed by atoms with Crippen LogP contribution >= 0.6 is 0 Å². The first kappa shape index (κ1) is 31.9. The molecule has 7 radical (unpaired) electrons. The average molecular weight is 683 g/mol. The summed E-state index contributed by atoms with van der Waals surface area (Å²) in [5.74, 6) is 0. The van der Waals surface area contributed by atoms with Gasteiger partial charge in [-0.05, 0) is 0 Å². The quantitative estimate of drug-likeness (QED) is 0.288. The first-order valence-corrected chi connectivity index (χ1v) is 6.19. The van der Waals surface area contributed by atoms with Crippen molar-refractivity contribution in [3.63, 3.8) is 0 Å². The van der Waals surface area contributed by atoms with Gasteiger partial charge in [0.1, 0.15) is 0 Å². The Bertz CT molecular complexity index is 633. The Morgan fingerprint density at radius 1 is 0.542 bits per heavy atom. The second-order valence-electron chi connectivity index (χ2n) is 4.32. The molecule has 103 valence electrons. The van der Waals surface area contributed by atoms with E-state index >= 15 is 0 Å². The summed E-state index contributed by atoms with van der Waals surface area (Å²) in [6.07, 6.45) is 0. The van der Waals surface area contributed by atoms with Gasteiger partial charge in [-0.1, -0.05) is 18.2 Å². The van der Waals surface area contributed by atoms with Gasteiger partial charge in [-0.2, -0.15) is 5.46 Å². The molecule has 0 unspecified atom stereocenters. The van der Waals surface area contributed by atoms with E-state index in [2.05, 4.69) is 12.1 Å². The monoisotopic (exact) mass is 683 g/mol. The third-order valence-corrected chi connectivity index (χ3v) is 3.10. The zero-order chi connectivity index (χ0) is 13.1. The Kier molecular flexibility index (Phi) is 22.8. The van der Waals surface area contributed by atoms with E-state index < -0.39 is 0 Å². The molecule has 0 aliphatic carbocycles. The van der Waals surface area contributed by atoms with Crippen molar-refractivity contribution in [3.8, 4) is 22.3 Å². The van der Waals surface area contributed by atoms with Crippen LogP contribution in [0.25, 0.3) is 22.3 Å². The van der Waals surface area contributed by atoms with Gasteiger partial charge in [-0.3, -0.25) is 0 Å². The van der Waals surface area contributed by atoms with Crippen LogP contribution in [-0.4, -0.2) is 7.85 Å². The fourth-order valence-corrected chi connectivity index (χ4v) is 2.16. The van der Waals surface area contributed by atoms with Crippen molar-refractivity contribution in [2.24, 2.45) is 0 Å². The molecule has 0 aromatic heterocycles. The molecule has 3 aromatic carbocycles. The Morgan fingerprint density at radius 3 is 1.29 bits per heavy atom. The van der Waals surface area contributed by atoms with Crippen LogP contribution in [0.15, 0.2) is 66.7 Å². The van der Waals surface area contributed by atoms with Gasteiger partial charge in [-0.25, -0.2) is 0 Å². The van der Waals surface area contributed by atoms with E-state index in [4.69, 9.17) is 7.85 Å². The van der Waals surface area contributed by atoms with E-state index in [0.717, 1.165) is 27.7 Å². The Morgan fingerprint density at radius 2 is 0.958 bits per heavy atom. The maximum absolute atomic E-state index is 6.31. The average Bonchev–Trinajstić information content (AvgIpc) is 2.49. The second kappa shape index (κ2) is 17.1. The first-order chi connectivity index (χ1) is 9.36. The molecule has 0 heterocycles. The molecule has 0 fully saturated rings. The fraction of sp³-hybridized carbons (Fsp3) is 0. The third kappa shape index (κ3) is 8.72. The number of hydrogen-bond donors (Lipinski definition) is 0. The van der Waals surface area contributed by atoms with Gasteiger partial charge in [0, 0.05) is 164 Å². The van der Waals surface area contributed by atoms with Crippen molar-refractivity contribution in [1.29, 1.82) is 0 Å². The molecule has 0 aliphatic rings. The van der Waals surface area contributed by atoms with Crippen LogP contribution in [0.2, 0.25) is 0 Å². The summed E-state index contributed by atoms with van der Waals surface area (Å²) in [6.45, 7) is 0. The van der Waals surface area contributed by atoms with Crippen LogP contribution in [0, 0.1) is 12.1 Å². The molecular formula is C18H11BY5-2.